The van der Waals surface area contributed by atoms with Crippen LogP contribution >= 0.6 is 23.2 Å². The zero-order valence-corrected chi connectivity index (χ0v) is 16.0. The molecule has 5 nitrogen and oxygen atoms in total. The number of benzene rings is 2. The Morgan fingerprint density at radius 2 is 1.69 bits per heavy atom. The summed E-state index contributed by atoms with van der Waals surface area (Å²) >= 11 is 12.3. The van der Waals surface area contributed by atoms with Crippen molar-refractivity contribution in [2.75, 3.05) is 0 Å². The lowest BCUT2D eigenvalue weighted by molar-refractivity contribution is -0.141. The molecule has 0 saturated carbocycles. The molecule has 0 spiro atoms. The third-order valence-electron chi connectivity index (χ3n) is 4.22. The van der Waals surface area contributed by atoms with Crippen LogP contribution in [0.5, 0.6) is 0 Å². The first kappa shape index (κ1) is 19.5. The van der Waals surface area contributed by atoms with Gasteiger partial charge in [0.1, 0.15) is 18.6 Å². The monoisotopic (exact) mass is 438 g/mol. The van der Waals surface area contributed by atoms with Crippen LogP contribution in [-0.4, -0.2) is 25.3 Å². The van der Waals surface area contributed by atoms with Crippen molar-refractivity contribution in [1.82, 2.24) is 19.2 Å². The molecular weight excluding hydrogens is 428 g/mol. The Labute approximate surface area is 171 Å². The predicted octanol–water partition coefficient (Wildman–Crippen LogP) is 5.09. The number of nitrogens with zero attached hydrogens (tertiary/aromatic N) is 4. The minimum Gasteiger partial charge on any atom is -0.273 e. The molecule has 0 N–H and O–H groups in total. The number of aromatic nitrogens is 4. The smallest absolute Gasteiger partial charge is 0.273 e. The zero-order valence-electron chi connectivity index (χ0n) is 14.5. The Morgan fingerprint density at radius 3 is 2.34 bits per heavy atom. The number of alkyl halides is 3. The second-order valence-electron chi connectivity index (χ2n) is 6.22. The van der Waals surface area contributed by atoms with Gasteiger partial charge in [0.2, 0.25) is 0 Å². The number of hydrogen-bond acceptors (Lipinski definition) is 3. The molecule has 10 heteroatoms. The lowest BCUT2D eigenvalue weighted by Gasteiger charge is -2.08. The summed E-state index contributed by atoms with van der Waals surface area (Å²) in [6.07, 6.45) is -3.71. The van der Waals surface area contributed by atoms with Crippen molar-refractivity contribution in [3.63, 3.8) is 0 Å². The summed E-state index contributed by atoms with van der Waals surface area (Å²) in [5.41, 5.74) is 1.11. The van der Waals surface area contributed by atoms with Crippen LogP contribution in [0.25, 0.3) is 28.0 Å². The van der Waals surface area contributed by atoms with Gasteiger partial charge in [-0.15, -0.1) is 0 Å². The van der Waals surface area contributed by atoms with Crippen molar-refractivity contribution >= 4 is 28.8 Å². The molecule has 0 atom stereocenters. The molecule has 2 aromatic heterocycles. The van der Waals surface area contributed by atoms with Crippen LogP contribution in [-0.2, 0) is 6.54 Å². The molecule has 0 radical (unpaired) electrons. The highest BCUT2D eigenvalue weighted by atomic mass is 35.5. The Morgan fingerprint density at radius 1 is 1.00 bits per heavy atom. The molecule has 4 aromatic rings. The normalized spacial score (nSPS) is 11.9. The molecule has 2 heterocycles. The van der Waals surface area contributed by atoms with Crippen molar-refractivity contribution in [2.45, 2.75) is 12.7 Å². The predicted molar refractivity (Wildman–Crippen MR) is 104 cm³/mol. The molecule has 2 aromatic carbocycles. The molecular formula is C19H11Cl2F3N4O. The number of halogens is 5. The summed E-state index contributed by atoms with van der Waals surface area (Å²) in [5, 5.41) is 5.15. The zero-order chi connectivity index (χ0) is 20.8. The quantitative estimate of drug-likeness (QED) is 0.447. The van der Waals surface area contributed by atoms with Gasteiger partial charge in [-0.2, -0.15) is 22.8 Å². The van der Waals surface area contributed by atoms with E-state index in [1.165, 1.54) is 0 Å². The first-order valence-electron chi connectivity index (χ1n) is 8.30. The van der Waals surface area contributed by atoms with E-state index in [0.717, 1.165) is 10.8 Å². The van der Waals surface area contributed by atoms with Crippen LogP contribution in [0.3, 0.4) is 0 Å². The Balaban J connectivity index is 2.04. The molecule has 0 aliphatic carbocycles. The van der Waals surface area contributed by atoms with E-state index in [4.69, 9.17) is 23.2 Å². The number of rotatable bonds is 3. The Bertz CT molecular complexity index is 1260. The van der Waals surface area contributed by atoms with Crippen molar-refractivity contribution in [2.24, 2.45) is 0 Å². The fraction of sp³-hybridized carbons (Fsp3) is 0.105. The SMILES string of the molecule is O=c1n(CC(F)(F)F)cnc2c(-c3ccc(Cl)cc3)c(-c3ccccc3Cl)nn12. The van der Waals surface area contributed by atoms with Gasteiger partial charge in [0.15, 0.2) is 5.65 Å². The molecule has 0 bridgehead atoms. The molecule has 0 amide bonds. The van der Waals surface area contributed by atoms with Crippen LogP contribution in [0.4, 0.5) is 13.2 Å². The average Bonchev–Trinajstić information content (AvgIpc) is 3.04. The summed E-state index contributed by atoms with van der Waals surface area (Å²) < 4.78 is 39.7. The molecule has 0 fully saturated rings. The topological polar surface area (TPSA) is 52.2 Å². The van der Waals surface area contributed by atoms with Gasteiger partial charge in [-0.05, 0) is 23.8 Å². The van der Waals surface area contributed by atoms with E-state index in [0.29, 0.717) is 37.0 Å². The fourth-order valence-electron chi connectivity index (χ4n) is 2.98. The van der Waals surface area contributed by atoms with E-state index < -0.39 is 18.4 Å². The van der Waals surface area contributed by atoms with E-state index in [2.05, 4.69) is 10.1 Å². The van der Waals surface area contributed by atoms with Crippen LogP contribution in [0.1, 0.15) is 0 Å². The molecule has 0 saturated heterocycles. The maximum absolute atomic E-state index is 12.8. The fourth-order valence-corrected chi connectivity index (χ4v) is 3.33. The second-order valence-corrected chi connectivity index (χ2v) is 7.06. The van der Waals surface area contributed by atoms with E-state index in [9.17, 15) is 18.0 Å². The van der Waals surface area contributed by atoms with Gasteiger partial charge in [-0.3, -0.25) is 4.57 Å². The summed E-state index contributed by atoms with van der Waals surface area (Å²) in [6.45, 7) is -1.47. The van der Waals surface area contributed by atoms with Crippen LogP contribution in [0.2, 0.25) is 10.0 Å². The van der Waals surface area contributed by atoms with Crippen LogP contribution in [0.15, 0.2) is 59.7 Å². The Kier molecular flexibility index (Phi) is 4.84. The summed E-state index contributed by atoms with van der Waals surface area (Å²) in [4.78, 5) is 16.7. The summed E-state index contributed by atoms with van der Waals surface area (Å²) in [7, 11) is 0. The first-order chi connectivity index (χ1) is 13.7. The van der Waals surface area contributed by atoms with E-state index in [1.807, 2.05) is 0 Å². The van der Waals surface area contributed by atoms with Gasteiger partial charge in [-0.1, -0.05) is 53.5 Å². The van der Waals surface area contributed by atoms with Crippen molar-refractivity contribution in [3.05, 3.63) is 75.4 Å². The first-order valence-corrected chi connectivity index (χ1v) is 9.06. The third-order valence-corrected chi connectivity index (χ3v) is 4.80. The molecule has 29 heavy (non-hydrogen) atoms. The molecule has 4 rings (SSSR count). The van der Waals surface area contributed by atoms with Gasteiger partial charge in [0.05, 0.1) is 10.6 Å². The van der Waals surface area contributed by atoms with Gasteiger partial charge in [0, 0.05) is 10.6 Å². The maximum Gasteiger partial charge on any atom is 0.406 e. The lowest BCUT2D eigenvalue weighted by Crippen LogP contribution is -2.32. The molecule has 0 aliphatic rings. The highest BCUT2D eigenvalue weighted by Gasteiger charge is 2.30. The van der Waals surface area contributed by atoms with Gasteiger partial charge in [-0.25, -0.2) is 9.78 Å². The highest BCUT2D eigenvalue weighted by Crippen LogP contribution is 2.37. The lowest BCUT2D eigenvalue weighted by atomic mass is 10.0. The minimum atomic E-state index is -4.57. The molecule has 0 aliphatic heterocycles. The van der Waals surface area contributed by atoms with E-state index >= 15 is 0 Å². The van der Waals surface area contributed by atoms with Crippen molar-refractivity contribution < 1.29 is 13.2 Å². The molecule has 148 valence electrons. The maximum atomic E-state index is 12.8. The van der Waals surface area contributed by atoms with Crippen LogP contribution in [0, 0.1) is 0 Å². The van der Waals surface area contributed by atoms with Crippen molar-refractivity contribution in [3.8, 4) is 22.4 Å². The van der Waals surface area contributed by atoms with Crippen molar-refractivity contribution in [1.29, 1.82) is 0 Å². The number of hydrogen-bond donors (Lipinski definition) is 0. The average molecular weight is 439 g/mol. The summed E-state index contributed by atoms with van der Waals surface area (Å²) in [6, 6.07) is 13.6. The van der Waals surface area contributed by atoms with E-state index in [-0.39, 0.29) is 5.65 Å². The minimum absolute atomic E-state index is 0.116. The Hall–Kier alpha value is -2.84. The summed E-state index contributed by atoms with van der Waals surface area (Å²) in [5.74, 6) is 0. The van der Waals surface area contributed by atoms with Gasteiger partial charge < -0.3 is 0 Å². The second kappa shape index (κ2) is 7.20. The van der Waals surface area contributed by atoms with Gasteiger partial charge in [0.25, 0.3) is 0 Å². The highest BCUT2D eigenvalue weighted by molar-refractivity contribution is 6.33. The van der Waals surface area contributed by atoms with Crippen LogP contribution < -0.4 is 5.69 Å². The standard InChI is InChI=1S/C19H11Cl2F3N4O/c20-12-7-5-11(6-8-12)15-16(13-3-1-2-4-14(13)21)26-28-17(15)25-10-27(18(28)29)9-19(22,23)24/h1-8,10H,9H2. The number of fused-ring (bicyclic) bond motifs is 1. The largest absolute Gasteiger partial charge is 0.406 e. The van der Waals surface area contributed by atoms with E-state index in [1.54, 1.807) is 48.5 Å². The molecule has 0 unspecified atom stereocenters. The van der Waals surface area contributed by atoms with Gasteiger partial charge >= 0.3 is 11.9 Å². The third kappa shape index (κ3) is 3.73.